The smallest absolute Gasteiger partial charge is 0.268 e. The molecule has 0 bridgehead atoms. The first-order chi connectivity index (χ1) is 19.5. The monoisotopic (exact) mass is 562 g/mol. The predicted octanol–water partition coefficient (Wildman–Crippen LogP) is 6.51. The van der Waals surface area contributed by atoms with E-state index in [4.69, 9.17) is 0 Å². The highest BCUT2D eigenvalue weighted by Gasteiger charge is 2.22. The number of benzene rings is 2. The molecule has 2 heterocycles. The van der Waals surface area contributed by atoms with Crippen molar-refractivity contribution in [2.24, 2.45) is 0 Å². The summed E-state index contributed by atoms with van der Waals surface area (Å²) in [5.74, 6) is -0.460. The lowest BCUT2D eigenvalue weighted by molar-refractivity contribution is 0.246. The summed E-state index contributed by atoms with van der Waals surface area (Å²) < 4.78 is 43.0. The van der Waals surface area contributed by atoms with Crippen LogP contribution < -0.4 is 5.32 Å². The van der Waals surface area contributed by atoms with Gasteiger partial charge in [-0.1, -0.05) is 68.1 Å². The van der Waals surface area contributed by atoms with Gasteiger partial charge >= 0.3 is 0 Å². The topological polar surface area (TPSA) is 67.2 Å². The van der Waals surface area contributed by atoms with E-state index in [2.05, 4.69) is 15.2 Å². The molecule has 0 radical (unpaired) electrons. The number of aromatic nitrogens is 2. The molecule has 4 aromatic rings. The van der Waals surface area contributed by atoms with Crippen LogP contribution in [0.1, 0.15) is 62.5 Å². The van der Waals surface area contributed by atoms with E-state index in [0.29, 0.717) is 30.2 Å². The molecule has 1 fully saturated rings. The molecule has 0 atom stereocenters. The van der Waals surface area contributed by atoms with E-state index in [1.807, 2.05) is 24.3 Å². The predicted molar refractivity (Wildman–Crippen MR) is 158 cm³/mol. The lowest BCUT2D eigenvalue weighted by Crippen LogP contribution is -2.31. The van der Waals surface area contributed by atoms with E-state index in [1.165, 1.54) is 42.3 Å². The van der Waals surface area contributed by atoms with Gasteiger partial charge in [-0.25, -0.2) is 17.4 Å². The van der Waals surface area contributed by atoms with Crippen LogP contribution in [-0.2, 0) is 23.1 Å². The quantitative estimate of drug-likeness (QED) is 0.149. The summed E-state index contributed by atoms with van der Waals surface area (Å²) in [5.41, 5.74) is 2.09. The highest BCUT2D eigenvalue weighted by atomic mass is 32.2. The van der Waals surface area contributed by atoms with Crippen LogP contribution in [0.3, 0.4) is 0 Å². The summed E-state index contributed by atoms with van der Waals surface area (Å²) in [4.78, 5) is 6.29. The first-order valence-electron chi connectivity index (χ1n) is 14.5. The molecule has 0 saturated heterocycles. The summed E-state index contributed by atoms with van der Waals surface area (Å²) in [6, 6.07) is 20.3. The van der Waals surface area contributed by atoms with Crippen molar-refractivity contribution in [3.63, 3.8) is 0 Å². The molecule has 0 aliphatic heterocycles. The lowest BCUT2D eigenvalue weighted by Gasteiger charge is -2.24. The number of para-hydroxylation sites is 1. The van der Waals surface area contributed by atoms with Crippen LogP contribution in [0.2, 0.25) is 0 Å². The van der Waals surface area contributed by atoms with Crippen molar-refractivity contribution in [3.05, 3.63) is 96.2 Å². The van der Waals surface area contributed by atoms with Gasteiger partial charge in [0, 0.05) is 42.5 Å². The number of rotatable bonds is 13. The number of halogens is 1. The van der Waals surface area contributed by atoms with Gasteiger partial charge in [0.05, 0.1) is 10.4 Å². The fourth-order valence-corrected chi connectivity index (χ4v) is 7.14. The second-order valence-corrected chi connectivity index (χ2v) is 12.6. The van der Waals surface area contributed by atoms with E-state index in [9.17, 15) is 12.8 Å². The number of nitrogens with zero attached hydrogens (tertiary/aromatic N) is 3. The van der Waals surface area contributed by atoms with Gasteiger partial charge in [0.25, 0.3) is 10.0 Å². The minimum absolute atomic E-state index is 0.249. The largest absolute Gasteiger partial charge is 0.314 e. The summed E-state index contributed by atoms with van der Waals surface area (Å²) >= 11 is 0. The van der Waals surface area contributed by atoms with Crippen molar-refractivity contribution in [2.45, 2.75) is 75.4 Å². The van der Waals surface area contributed by atoms with Crippen LogP contribution in [0.15, 0.2) is 84.0 Å². The summed E-state index contributed by atoms with van der Waals surface area (Å²) in [7, 11) is -3.76. The minimum Gasteiger partial charge on any atom is -0.314 e. The number of hydrogen-bond donors (Lipinski definition) is 1. The van der Waals surface area contributed by atoms with Gasteiger partial charge in [-0.05, 0) is 68.6 Å². The Morgan fingerprint density at radius 3 is 2.42 bits per heavy atom. The third-order valence-electron chi connectivity index (χ3n) is 7.87. The van der Waals surface area contributed by atoms with E-state index in [0.717, 1.165) is 43.3 Å². The molecule has 1 aliphatic carbocycles. The zero-order valence-corrected chi connectivity index (χ0v) is 23.8. The van der Waals surface area contributed by atoms with Gasteiger partial charge in [0.1, 0.15) is 0 Å². The molecular weight excluding hydrogens is 523 g/mol. The second-order valence-electron chi connectivity index (χ2n) is 10.8. The van der Waals surface area contributed by atoms with E-state index >= 15 is 0 Å². The molecule has 40 heavy (non-hydrogen) atoms. The van der Waals surface area contributed by atoms with Crippen LogP contribution in [0.25, 0.3) is 10.9 Å². The number of nitrogens with one attached hydrogen (secondary N) is 1. The first-order valence-corrected chi connectivity index (χ1v) is 15.9. The molecule has 5 rings (SSSR count). The standard InChI is InChI=1S/C32H39FN4O2S/c33-32-26(13-12-21-35-32)23-36(22-11-3-10-20-34-28-14-4-1-5-15-28)24-27-25-37(31-19-9-8-18-30(27)31)40(38,39)29-16-6-2-7-17-29/h2,6-9,12-13,16-19,21,25,28,34H,1,3-5,10-11,14-15,20,22-24H2. The Balaban J connectivity index is 1.32. The molecule has 212 valence electrons. The van der Waals surface area contributed by atoms with Crippen LogP contribution in [0.5, 0.6) is 0 Å². The van der Waals surface area contributed by atoms with Gasteiger partial charge in [0.2, 0.25) is 5.95 Å². The highest BCUT2D eigenvalue weighted by molar-refractivity contribution is 7.90. The Labute approximate surface area is 237 Å². The third-order valence-corrected chi connectivity index (χ3v) is 9.56. The molecule has 1 saturated carbocycles. The molecule has 6 nitrogen and oxygen atoms in total. The van der Waals surface area contributed by atoms with Crippen molar-refractivity contribution in [3.8, 4) is 0 Å². The van der Waals surface area contributed by atoms with Gasteiger partial charge < -0.3 is 5.32 Å². The van der Waals surface area contributed by atoms with Gasteiger partial charge in [0.15, 0.2) is 0 Å². The van der Waals surface area contributed by atoms with Crippen LogP contribution in [-0.4, -0.2) is 41.4 Å². The van der Waals surface area contributed by atoms with Crippen molar-refractivity contribution >= 4 is 20.9 Å². The van der Waals surface area contributed by atoms with Gasteiger partial charge in [-0.2, -0.15) is 4.39 Å². The molecular formula is C32H39FN4O2S. The van der Waals surface area contributed by atoms with Crippen LogP contribution in [0, 0.1) is 5.95 Å². The normalized spacial score (nSPS) is 14.8. The summed E-state index contributed by atoms with van der Waals surface area (Å²) in [5, 5.41) is 4.60. The van der Waals surface area contributed by atoms with E-state index in [-0.39, 0.29) is 4.90 Å². The molecule has 2 aromatic carbocycles. The zero-order chi connectivity index (χ0) is 27.8. The van der Waals surface area contributed by atoms with Crippen molar-refractivity contribution in [2.75, 3.05) is 13.1 Å². The van der Waals surface area contributed by atoms with Crippen LogP contribution >= 0.6 is 0 Å². The number of pyridine rings is 1. The Kier molecular flexibility index (Phi) is 9.62. The molecule has 0 spiro atoms. The number of hydrogen-bond acceptors (Lipinski definition) is 5. The maximum atomic E-state index is 14.5. The van der Waals surface area contributed by atoms with Gasteiger partial charge in [-0.15, -0.1) is 0 Å². The molecule has 1 N–H and O–H groups in total. The van der Waals surface area contributed by atoms with Crippen molar-refractivity contribution in [1.29, 1.82) is 0 Å². The minimum atomic E-state index is -3.76. The maximum Gasteiger partial charge on any atom is 0.268 e. The average molecular weight is 563 g/mol. The fourth-order valence-electron chi connectivity index (χ4n) is 5.73. The number of fused-ring (bicyclic) bond motifs is 1. The molecule has 0 unspecified atom stereocenters. The fraction of sp³-hybridized carbons (Fsp3) is 0.406. The highest BCUT2D eigenvalue weighted by Crippen LogP contribution is 2.28. The molecule has 2 aromatic heterocycles. The zero-order valence-electron chi connectivity index (χ0n) is 23.0. The van der Waals surface area contributed by atoms with E-state index in [1.54, 1.807) is 48.7 Å². The second kappa shape index (κ2) is 13.5. The molecule has 8 heteroatoms. The SMILES string of the molecule is O=S(=O)(c1ccccc1)n1cc(CN(CCCCCNC2CCCCC2)Cc2cccnc2F)c2ccccc21. The third kappa shape index (κ3) is 6.97. The summed E-state index contributed by atoms with van der Waals surface area (Å²) in [6.45, 7) is 2.73. The number of unbranched alkanes of at least 4 members (excludes halogenated alkanes) is 2. The van der Waals surface area contributed by atoms with Gasteiger partial charge in [-0.3, -0.25) is 4.90 Å². The Morgan fingerprint density at radius 1 is 0.875 bits per heavy atom. The Hall–Kier alpha value is -3.07. The van der Waals surface area contributed by atoms with Crippen molar-refractivity contribution < 1.29 is 12.8 Å². The molecule has 0 amide bonds. The Bertz CT molecular complexity index is 1480. The maximum absolute atomic E-state index is 14.5. The average Bonchev–Trinajstić information content (AvgIpc) is 3.36. The molecule has 1 aliphatic rings. The lowest BCUT2D eigenvalue weighted by atomic mass is 9.95. The Morgan fingerprint density at radius 2 is 1.62 bits per heavy atom. The van der Waals surface area contributed by atoms with Crippen LogP contribution in [0.4, 0.5) is 4.39 Å². The summed E-state index contributed by atoms with van der Waals surface area (Å²) in [6.07, 6.45) is 13.0. The van der Waals surface area contributed by atoms with Crippen molar-refractivity contribution in [1.82, 2.24) is 19.2 Å². The first kappa shape index (κ1) is 28.5. The van der Waals surface area contributed by atoms with E-state index < -0.39 is 16.0 Å².